The predicted octanol–water partition coefficient (Wildman–Crippen LogP) is 4.02. The molecule has 0 aliphatic heterocycles. The van der Waals surface area contributed by atoms with E-state index in [-0.39, 0.29) is 0 Å². The molecular formula is C18H18N2O2S. The minimum absolute atomic E-state index is 0.559. The summed E-state index contributed by atoms with van der Waals surface area (Å²) in [7, 11) is 1.66. The Morgan fingerprint density at radius 3 is 2.61 bits per heavy atom. The summed E-state index contributed by atoms with van der Waals surface area (Å²) in [5, 5.41) is 3.11. The average molecular weight is 326 g/mol. The summed E-state index contributed by atoms with van der Waals surface area (Å²) in [5.74, 6) is 1.57. The minimum atomic E-state index is 0.559. The number of thiazole rings is 1. The summed E-state index contributed by atoms with van der Waals surface area (Å²) in [5.41, 5.74) is 8.58. The third-order valence-electron chi connectivity index (χ3n) is 3.43. The highest BCUT2D eigenvalue weighted by atomic mass is 32.1. The second-order valence-corrected chi connectivity index (χ2v) is 5.93. The van der Waals surface area contributed by atoms with Crippen LogP contribution in [0.3, 0.4) is 0 Å². The standard InChI is InChI=1S/C18H18N2O2S/c1-21-14-8-6-13(7-9-14)16-12-23-18(20-16)10-11-22-17-5-3-2-4-15(17)19/h2-9,12H,10-11,19H2,1H3. The Hall–Kier alpha value is -2.53. The molecule has 0 atom stereocenters. The summed E-state index contributed by atoms with van der Waals surface area (Å²) in [6.45, 7) is 0.559. The van der Waals surface area contributed by atoms with Gasteiger partial charge in [0.25, 0.3) is 0 Å². The maximum Gasteiger partial charge on any atom is 0.142 e. The first-order valence-corrected chi connectivity index (χ1v) is 8.20. The molecule has 1 aromatic heterocycles. The van der Waals surface area contributed by atoms with Crippen LogP contribution in [0.4, 0.5) is 5.69 Å². The lowest BCUT2D eigenvalue weighted by molar-refractivity contribution is 0.323. The number of benzene rings is 2. The normalized spacial score (nSPS) is 10.5. The highest BCUT2D eigenvalue weighted by Gasteiger charge is 2.06. The van der Waals surface area contributed by atoms with E-state index in [1.165, 1.54) is 0 Å². The smallest absolute Gasteiger partial charge is 0.142 e. The Bertz CT molecular complexity index is 769. The number of methoxy groups -OCH3 is 1. The van der Waals surface area contributed by atoms with Crippen LogP contribution in [0.5, 0.6) is 11.5 Å². The first-order chi connectivity index (χ1) is 11.3. The van der Waals surface area contributed by atoms with Crippen molar-refractivity contribution in [1.82, 2.24) is 4.98 Å². The number of rotatable bonds is 6. The molecule has 23 heavy (non-hydrogen) atoms. The van der Waals surface area contributed by atoms with Crippen LogP contribution in [0.2, 0.25) is 0 Å². The zero-order valence-corrected chi connectivity index (χ0v) is 13.7. The molecule has 4 nitrogen and oxygen atoms in total. The van der Waals surface area contributed by atoms with Crippen molar-refractivity contribution >= 4 is 17.0 Å². The Balaban J connectivity index is 1.60. The molecule has 2 aromatic carbocycles. The third-order valence-corrected chi connectivity index (χ3v) is 4.34. The monoisotopic (exact) mass is 326 g/mol. The molecule has 3 rings (SSSR count). The number of nitrogens with zero attached hydrogens (tertiary/aromatic N) is 1. The fourth-order valence-electron chi connectivity index (χ4n) is 2.18. The number of ether oxygens (including phenoxy) is 2. The molecule has 0 bridgehead atoms. The number of hydrogen-bond donors (Lipinski definition) is 1. The van der Waals surface area contributed by atoms with Crippen LogP contribution >= 0.6 is 11.3 Å². The van der Waals surface area contributed by atoms with Crippen LogP contribution in [0, 0.1) is 0 Å². The number of para-hydroxylation sites is 2. The molecule has 0 radical (unpaired) electrons. The van der Waals surface area contributed by atoms with Crippen LogP contribution in [0.1, 0.15) is 5.01 Å². The second kappa shape index (κ2) is 7.15. The van der Waals surface area contributed by atoms with E-state index in [9.17, 15) is 0 Å². The molecule has 0 saturated carbocycles. The van der Waals surface area contributed by atoms with E-state index in [1.54, 1.807) is 18.4 Å². The van der Waals surface area contributed by atoms with E-state index in [4.69, 9.17) is 15.2 Å². The topological polar surface area (TPSA) is 57.4 Å². The average Bonchev–Trinajstić information content (AvgIpc) is 3.06. The summed E-state index contributed by atoms with van der Waals surface area (Å²) >= 11 is 1.64. The molecule has 2 N–H and O–H groups in total. The van der Waals surface area contributed by atoms with Gasteiger partial charge in [0.2, 0.25) is 0 Å². The molecule has 3 aromatic rings. The zero-order chi connectivity index (χ0) is 16.1. The first kappa shape index (κ1) is 15.4. The van der Waals surface area contributed by atoms with Crippen molar-refractivity contribution in [2.75, 3.05) is 19.5 Å². The third kappa shape index (κ3) is 3.81. The highest BCUT2D eigenvalue weighted by molar-refractivity contribution is 7.09. The van der Waals surface area contributed by atoms with E-state index in [0.717, 1.165) is 34.2 Å². The number of nitrogen functional groups attached to an aromatic ring is 1. The van der Waals surface area contributed by atoms with E-state index in [1.807, 2.05) is 48.5 Å². The molecule has 0 spiro atoms. The van der Waals surface area contributed by atoms with Crippen molar-refractivity contribution in [2.24, 2.45) is 0 Å². The van der Waals surface area contributed by atoms with Crippen LogP contribution in [-0.2, 0) is 6.42 Å². The maximum atomic E-state index is 5.86. The molecule has 0 amide bonds. The molecule has 118 valence electrons. The lowest BCUT2D eigenvalue weighted by Gasteiger charge is -2.07. The summed E-state index contributed by atoms with van der Waals surface area (Å²) < 4.78 is 10.9. The van der Waals surface area contributed by atoms with Crippen LogP contribution in [0.15, 0.2) is 53.9 Å². The Labute approximate surface area is 139 Å². The van der Waals surface area contributed by atoms with Gasteiger partial charge < -0.3 is 15.2 Å². The zero-order valence-electron chi connectivity index (χ0n) is 12.9. The number of nitrogens with two attached hydrogens (primary N) is 1. The van der Waals surface area contributed by atoms with Gasteiger partial charge in [0.1, 0.15) is 11.5 Å². The van der Waals surface area contributed by atoms with Gasteiger partial charge in [0.05, 0.1) is 30.1 Å². The van der Waals surface area contributed by atoms with Gasteiger partial charge in [0, 0.05) is 17.4 Å². The van der Waals surface area contributed by atoms with E-state index in [2.05, 4.69) is 10.4 Å². The quantitative estimate of drug-likeness (QED) is 0.695. The van der Waals surface area contributed by atoms with Crippen molar-refractivity contribution in [1.29, 1.82) is 0 Å². The number of aromatic nitrogens is 1. The molecule has 0 aliphatic carbocycles. The van der Waals surface area contributed by atoms with E-state index >= 15 is 0 Å². The van der Waals surface area contributed by atoms with Gasteiger partial charge in [-0.15, -0.1) is 11.3 Å². The molecule has 0 aliphatic rings. The fourth-order valence-corrected chi connectivity index (χ4v) is 2.97. The fraction of sp³-hybridized carbons (Fsp3) is 0.167. The lowest BCUT2D eigenvalue weighted by atomic mass is 10.2. The summed E-state index contributed by atoms with van der Waals surface area (Å²) in [6.07, 6.45) is 0.759. The number of anilines is 1. The molecule has 1 heterocycles. The lowest BCUT2D eigenvalue weighted by Crippen LogP contribution is -2.03. The van der Waals surface area contributed by atoms with Gasteiger partial charge >= 0.3 is 0 Å². The van der Waals surface area contributed by atoms with Crippen LogP contribution in [0.25, 0.3) is 11.3 Å². The van der Waals surface area contributed by atoms with E-state index in [0.29, 0.717) is 12.3 Å². The van der Waals surface area contributed by atoms with Crippen molar-refractivity contribution in [3.8, 4) is 22.8 Å². The Morgan fingerprint density at radius 2 is 1.87 bits per heavy atom. The Morgan fingerprint density at radius 1 is 1.09 bits per heavy atom. The van der Waals surface area contributed by atoms with Crippen LogP contribution < -0.4 is 15.2 Å². The van der Waals surface area contributed by atoms with Gasteiger partial charge in [-0.25, -0.2) is 4.98 Å². The SMILES string of the molecule is COc1ccc(-c2csc(CCOc3ccccc3N)n2)cc1. The van der Waals surface area contributed by atoms with Crippen molar-refractivity contribution in [3.63, 3.8) is 0 Å². The molecule has 0 saturated heterocycles. The van der Waals surface area contributed by atoms with Crippen molar-refractivity contribution in [2.45, 2.75) is 6.42 Å². The molecule has 0 unspecified atom stereocenters. The number of hydrogen-bond acceptors (Lipinski definition) is 5. The van der Waals surface area contributed by atoms with Gasteiger partial charge in [-0.05, 0) is 36.4 Å². The predicted molar refractivity (Wildman–Crippen MR) is 94.2 cm³/mol. The summed E-state index contributed by atoms with van der Waals surface area (Å²) in [6, 6.07) is 15.4. The Kier molecular flexibility index (Phi) is 4.78. The van der Waals surface area contributed by atoms with Crippen LogP contribution in [-0.4, -0.2) is 18.7 Å². The minimum Gasteiger partial charge on any atom is -0.497 e. The first-order valence-electron chi connectivity index (χ1n) is 7.32. The van der Waals surface area contributed by atoms with Gasteiger partial charge in [-0.2, -0.15) is 0 Å². The highest BCUT2D eigenvalue weighted by Crippen LogP contribution is 2.25. The molecule has 5 heteroatoms. The second-order valence-electron chi connectivity index (χ2n) is 4.99. The largest absolute Gasteiger partial charge is 0.497 e. The maximum absolute atomic E-state index is 5.86. The van der Waals surface area contributed by atoms with Gasteiger partial charge in [0.15, 0.2) is 0 Å². The molecule has 0 fully saturated rings. The van der Waals surface area contributed by atoms with Crippen molar-refractivity contribution < 1.29 is 9.47 Å². The van der Waals surface area contributed by atoms with E-state index < -0.39 is 0 Å². The van der Waals surface area contributed by atoms with Crippen molar-refractivity contribution in [3.05, 3.63) is 58.9 Å². The summed E-state index contributed by atoms with van der Waals surface area (Å²) in [4.78, 5) is 4.66. The molecular weight excluding hydrogens is 308 g/mol. The van der Waals surface area contributed by atoms with Gasteiger partial charge in [-0.1, -0.05) is 12.1 Å². The van der Waals surface area contributed by atoms with Gasteiger partial charge in [-0.3, -0.25) is 0 Å².